The number of aromatic nitrogens is 2. The summed E-state index contributed by atoms with van der Waals surface area (Å²) in [7, 11) is 0. The van der Waals surface area contributed by atoms with Crippen molar-refractivity contribution in [3.63, 3.8) is 0 Å². The maximum atomic E-state index is 6.09. The van der Waals surface area contributed by atoms with Gasteiger partial charge in [-0.3, -0.25) is 0 Å². The van der Waals surface area contributed by atoms with Crippen molar-refractivity contribution in [2.24, 2.45) is 16.6 Å². The lowest BCUT2D eigenvalue weighted by Gasteiger charge is -2.06. The van der Waals surface area contributed by atoms with Gasteiger partial charge in [0.05, 0.1) is 21.9 Å². The summed E-state index contributed by atoms with van der Waals surface area (Å²) in [6, 6.07) is 6.94. The maximum absolute atomic E-state index is 6.09. The highest BCUT2D eigenvalue weighted by molar-refractivity contribution is 6.39. The Morgan fingerprint density at radius 3 is 2.41 bits per heavy atom. The topological polar surface area (TPSA) is 82.2 Å². The highest BCUT2D eigenvalue weighted by atomic mass is 35.5. The van der Waals surface area contributed by atoms with Gasteiger partial charge in [-0.25, -0.2) is 0 Å². The van der Waals surface area contributed by atoms with Gasteiger partial charge in [-0.05, 0) is 18.2 Å². The monoisotopic (exact) mass is 269 g/mol. The average molecular weight is 270 g/mol. The number of hydrogen-bond acceptors (Lipinski definition) is 2. The van der Waals surface area contributed by atoms with Crippen LogP contribution in [0, 0.1) is 0 Å². The van der Waals surface area contributed by atoms with Gasteiger partial charge in [0, 0.05) is 5.56 Å². The number of halogens is 2. The second-order valence-corrected chi connectivity index (χ2v) is 4.04. The molecule has 0 amide bonds. The SMILES string of the molecule is NC(N)=Nn1nccc1-c1c(Cl)cccc1Cl. The molecule has 1 heterocycles. The van der Waals surface area contributed by atoms with E-state index in [0.29, 0.717) is 21.3 Å². The van der Waals surface area contributed by atoms with E-state index in [1.807, 2.05) is 0 Å². The Morgan fingerprint density at radius 1 is 1.18 bits per heavy atom. The third kappa shape index (κ3) is 2.35. The molecule has 4 N–H and O–H groups in total. The van der Waals surface area contributed by atoms with Crippen LogP contribution in [0.4, 0.5) is 0 Å². The Hall–Kier alpha value is -1.72. The molecule has 0 aliphatic heterocycles. The van der Waals surface area contributed by atoms with Crippen molar-refractivity contribution in [3.8, 4) is 11.3 Å². The van der Waals surface area contributed by atoms with Crippen LogP contribution in [0.25, 0.3) is 11.3 Å². The molecule has 0 fully saturated rings. The van der Waals surface area contributed by atoms with Gasteiger partial charge in [-0.2, -0.15) is 5.10 Å². The first-order valence-corrected chi connectivity index (χ1v) is 5.43. The fourth-order valence-electron chi connectivity index (χ4n) is 1.41. The lowest BCUT2D eigenvalue weighted by molar-refractivity contribution is 0.745. The molecule has 2 rings (SSSR count). The van der Waals surface area contributed by atoms with Crippen LogP contribution in [0.1, 0.15) is 0 Å². The quantitative estimate of drug-likeness (QED) is 0.645. The maximum Gasteiger partial charge on any atom is 0.211 e. The molecule has 2 aromatic rings. The molecule has 1 aromatic heterocycles. The van der Waals surface area contributed by atoms with Gasteiger partial charge in [0.25, 0.3) is 0 Å². The number of benzene rings is 1. The predicted octanol–water partition coefficient (Wildman–Crippen LogP) is 1.89. The third-order valence-electron chi connectivity index (χ3n) is 2.05. The van der Waals surface area contributed by atoms with Crippen LogP contribution >= 0.6 is 23.2 Å². The predicted molar refractivity (Wildman–Crippen MR) is 68.9 cm³/mol. The van der Waals surface area contributed by atoms with Gasteiger partial charge < -0.3 is 11.5 Å². The minimum Gasteiger partial charge on any atom is -0.369 e. The molecular weight excluding hydrogens is 261 g/mol. The molecule has 5 nitrogen and oxygen atoms in total. The number of nitrogens with two attached hydrogens (primary N) is 2. The second kappa shape index (κ2) is 4.65. The van der Waals surface area contributed by atoms with Crippen LogP contribution in [0.15, 0.2) is 35.6 Å². The van der Waals surface area contributed by atoms with Crippen LogP contribution in [-0.2, 0) is 0 Å². The zero-order chi connectivity index (χ0) is 12.4. The van der Waals surface area contributed by atoms with Crippen molar-refractivity contribution in [2.45, 2.75) is 0 Å². The van der Waals surface area contributed by atoms with Crippen LogP contribution in [0.2, 0.25) is 10.0 Å². The molecule has 0 radical (unpaired) electrons. The van der Waals surface area contributed by atoms with E-state index in [4.69, 9.17) is 34.7 Å². The van der Waals surface area contributed by atoms with Crippen LogP contribution in [0.5, 0.6) is 0 Å². The Morgan fingerprint density at radius 2 is 1.82 bits per heavy atom. The molecule has 88 valence electrons. The summed E-state index contributed by atoms with van der Waals surface area (Å²) in [5.74, 6) is -0.0990. The Balaban J connectivity index is 2.62. The summed E-state index contributed by atoms with van der Waals surface area (Å²) in [6.07, 6.45) is 1.56. The third-order valence-corrected chi connectivity index (χ3v) is 2.68. The number of rotatable bonds is 2. The first-order valence-electron chi connectivity index (χ1n) is 4.68. The molecule has 0 bridgehead atoms. The normalized spacial score (nSPS) is 10.2. The highest BCUT2D eigenvalue weighted by Crippen LogP contribution is 2.34. The van der Waals surface area contributed by atoms with Crippen LogP contribution in [-0.4, -0.2) is 15.8 Å². The molecule has 17 heavy (non-hydrogen) atoms. The smallest absolute Gasteiger partial charge is 0.211 e. The lowest BCUT2D eigenvalue weighted by Crippen LogP contribution is -2.24. The summed E-state index contributed by atoms with van der Waals surface area (Å²) in [5.41, 5.74) is 11.9. The van der Waals surface area contributed by atoms with E-state index < -0.39 is 0 Å². The standard InChI is InChI=1S/C10H9Cl2N5/c11-6-2-1-3-7(12)9(6)8-4-5-15-17(8)16-10(13)14/h1-5H,(H4,13,14,16). The fraction of sp³-hybridized carbons (Fsp3) is 0. The van der Waals surface area contributed by atoms with E-state index in [1.54, 1.807) is 30.5 Å². The Labute approximate surface area is 108 Å². The first-order chi connectivity index (χ1) is 8.09. The zero-order valence-corrected chi connectivity index (χ0v) is 10.2. The van der Waals surface area contributed by atoms with Crippen molar-refractivity contribution < 1.29 is 0 Å². The molecular formula is C10H9Cl2N5. The van der Waals surface area contributed by atoms with Gasteiger partial charge in [-0.15, -0.1) is 9.89 Å². The van der Waals surface area contributed by atoms with Crippen LogP contribution in [0.3, 0.4) is 0 Å². The molecule has 0 aliphatic rings. The second-order valence-electron chi connectivity index (χ2n) is 3.23. The highest BCUT2D eigenvalue weighted by Gasteiger charge is 2.12. The number of hydrogen-bond donors (Lipinski definition) is 2. The largest absolute Gasteiger partial charge is 0.369 e. The van der Waals surface area contributed by atoms with E-state index in [9.17, 15) is 0 Å². The van der Waals surface area contributed by atoms with Gasteiger partial charge in [0.2, 0.25) is 5.96 Å². The van der Waals surface area contributed by atoms with Crippen molar-refractivity contribution in [1.82, 2.24) is 9.89 Å². The van der Waals surface area contributed by atoms with E-state index in [-0.39, 0.29) is 5.96 Å². The van der Waals surface area contributed by atoms with Crippen LogP contribution < -0.4 is 11.5 Å². The molecule has 7 heteroatoms. The average Bonchev–Trinajstić information content (AvgIpc) is 2.65. The summed E-state index contributed by atoms with van der Waals surface area (Å²) in [4.78, 5) is 1.28. The summed E-state index contributed by atoms with van der Waals surface area (Å²) < 4.78 is 0. The van der Waals surface area contributed by atoms with Crippen molar-refractivity contribution in [1.29, 1.82) is 0 Å². The van der Waals surface area contributed by atoms with Crippen molar-refractivity contribution >= 4 is 29.2 Å². The Kier molecular flexibility index (Phi) is 3.21. The molecule has 0 aliphatic carbocycles. The Bertz CT molecular complexity index is 552. The van der Waals surface area contributed by atoms with Crippen molar-refractivity contribution in [2.75, 3.05) is 0 Å². The fourth-order valence-corrected chi connectivity index (χ4v) is 2.00. The first kappa shape index (κ1) is 11.8. The van der Waals surface area contributed by atoms with E-state index >= 15 is 0 Å². The molecule has 0 saturated heterocycles. The minimum atomic E-state index is -0.0990. The van der Waals surface area contributed by atoms with Crippen molar-refractivity contribution in [3.05, 3.63) is 40.5 Å². The summed E-state index contributed by atoms with van der Waals surface area (Å²) in [5, 5.41) is 8.81. The zero-order valence-electron chi connectivity index (χ0n) is 8.64. The molecule has 0 saturated carbocycles. The molecule has 1 aromatic carbocycles. The van der Waals surface area contributed by atoms with Gasteiger partial charge in [0.1, 0.15) is 0 Å². The van der Waals surface area contributed by atoms with E-state index in [1.165, 1.54) is 4.79 Å². The summed E-state index contributed by atoms with van der Waals surface area (Å²) >= 11 is 12.2. The van der Waals surface area contributed by atoms with Gasteiger partial charge >= 0.3 is 0 Å². The van der Waals surface area contributed by atoms with E-state index in [0.717, 1.165) is 0 Å². The summed E-state index contributed by atoms with van der Waals surface area (Å²) in [6.45, 7) is 0. The minimum absolute atomic E-state index is 0.0990. The van der Waals surface area contributed by atoms with Gasteiger partial charge in [0.15, 0.2) is 0 Å². The number of nitrogens with zero attached hydrogens (tertiary/aromatic N) is 3. The van der Waals surface area contributed by atoms with E-state index in [2.05, 4.69) is 10.2 Å². The number of guanidine groups is 1. The molecule has 0 unspecified atom stereocenters. The van der Waals surface area contributed by atoms with Gasteiger partial charge in [-0.1, -0.05) is 29.3 Å². The lowest BCUT2D eigenvalue weighted by atomic mass is 10.1. The molecule has 0 atom stereocenters. The molecule has 0 spiro atoms.